The van der Waals surface area contributed by atoms with Crippen LogP contribution in [0.25, 0.3) is 0 Å². The van der Waals surface area contributed by atoms with E-state index >= 15 is 0 Å². The fourth-order valence-electron chi connectivity index (χ4n) is 0.964. The Hall–Kier alpha value is -0.550. The van der Waals surface area contributed by atoms with Crippen LogP contribution < -0.4 is 4.74 Å². The van der Waals surface area contributed by atoms with E-state index in [-0.39, 0.29) is 5.56 Å². The van der Waals surface area contributed by atoms with Gasteiger partial charge in [0.15, 0.2) is 0 Å². The van der Waals surface area contributed by atoms with Crippen molar-refractivity contribution in [1.82, 2.24) is 0 Å². The Kier molecular flexibility index (Phi) is 3.95. The smallest absolute Gasteiger partial charge is 0.336 e. The van der Waals surface area contributed by atoms with Crippen LogP contribution in [-0.4, -0.2) is 17.7 Å². The Bertz CT molecular complexity index is 363. The van der Waals surface area contributed by atoms with E-state index in [4.69, 9.17) is 9.84 Å². The van der Waals surface area contributed by atoms with Crippen molar-refractivity contribution in [3.05, 3.63) is 26.6 Å². The number of rotatable bonds is 3. The van der Waals surface area contributed by atoms with E-state index in [1.165, 1.54) is 6.07 Å². The van der Waals surface area contributed by atoms with Crippen molar-refractivity contribution in [2.75, 3.05) is 6.61 Å². The third-order valence-corrected chi connectivity index (χ3v) is 3.72. The molecule has 0 atom stereocenters. The van der Waals surface area contributed by atoms with Gasteiger partial charge < -0.3 is 9.84 Å². The van der Waals surface area contributed by atoms with Gasteiger partial charge in [0.1, 0.15) is 5.75 Å². The van der Waals surface area contributed by atoms with E-state index in [1.54, 1.807) is 6.07 Å². The van der Waals surface area contributed by atoms with Crippen LogP contribution in [0, 0.1) is 0 Å². The van der Waals surface area contributed by atoms with Gasteiger partial charge in [-0.05, 0) is 50.9 Å². The second-order valence-electron chi connectivity index (χ2n) is 2.48. The summed E-state index contributed by atoms with van der Waals surface area (Å²) in [6, 6.07) is 3.13. The standard InChI is InChI=1S/C9H8Br2O3/c1-2-14-6-4-3-5(9(12)13)7(10)8(6)11/h3-4H,2H2,1H3,(H,12,13). The summed E-state index contributed by atoms with van der Waals surface area (Å²) in [4.78, 5) is 10.8. The van der Waals surface area contributed by atoms with Crippen molar-refractivity contribution >= 4 is 37.8 Å². The number of carboxylic acid groups (broad SMARTS) is 1. The molecule has 1 N–H and O–H groups in total. The predicted octanol–water partition coefficient (Wildman–Crippen LogP) is 3.31. The van der Waals surface area contributed by atoms with Crippen LogP contribution in [0.3, 0.4) is 0 Å². The molecule has 0 bridgehead atoms. The molecule has 0 radical (unpaired) electrons. The van der Waals surface area contributed by atoms with Crippen molar-refractivity contribution in [3.63, 3.8) is 0 Å². The van der Waals surface area contributed by atoms with Crippen LogP contribution in [-0.2, 0) is 0 Å². The zero-order chi connectivity index (χ0) is 10.7. The molecule has 1 rings (SSSR count). The van der Waals surface area contributed by atoms with Gasteiger partial charge in [-0.3, -0.25) is 0 Å². The van der Waals surface area contributed by atoms with Gasteiger partial charge >= 0.3 is 5.97 Å². The van der Waals surface area contributed by atoms with Gasteiger partial charge in [0.25, 0.3) is 0 Å². The summed E-state index contributed by atoms with van der Waals surface area (Å²) in [5.74, 6) is -0.343. The minimum Gasteiger partial charge on any atom is -0.493 e. The molecule has 5 heteroatoms. The Morgan fingerprint density at radius 3 is 2.57 bits per heavy atom. The normalized spacial score (nSPS) is 9.93. The molecule has 0 aliphatic heterocycles. The molecule has 1 aromatic rings. The Morgan fingerprint density at radius 1 is 1.43 bits per heavy atom. The summed E-state index contributed by atoms with van der Waals surface area (Å²) in [6.45, 7) is 2.41. The zero-order valence-corrected chi connectivity index (χ0v) is 10.6. The quantitative estimate of drug-likeness (QED) is 0.928. The van der Waals surface area contributed by atoms with Gasteiger partial charge in [0, 0.05) is 4.47 Å². The topological polar surface area (TPSA) is 46.5 Å². The molecule has 0 heterocycles. The third-order valence-electron chi connectivity index (χ3n) is 1.58. The molecule has 0 saturated carbocycles. The van der Waals surface area contributed by atoms with Crippen LogP contribution in [0.1, 0.15) is 17.3 Å². The predicted molar refractivity (Wildman–Crippen MR) is 60.0 cm³/mol. The summed E-state index contributed by atoms with van der Waals surface area (Å²) in [5, 5.41) is 8.82. The van der Waals surface area contributed by atoms with Gasteiger partial charge in [-0.1, -0.05) is 0 Å². The van der Waals surface area contributed by atoms with Crippen molar-refractivity contribution in [1.29, 1.82) is 0 Å². The highest BCUT2D eigenvalue weighted by Crippen LogP contribution is 2.35. The van der Waals surface area contributed by atoms with Gasteiger partial charge in [-0.25, -0.2) is 4.79 Å². The fraction of sp³-hybridized carbons (Fsp3) is 0.222. The highest BCUT2D eigenvalue weighted by atomic mass is 79.9. The SMILES string of the molecule is CCOc1ccc(C(=O)O)c(Br)c1Br. The first-order valence-electron chi connectivity index (χ1n) is 3.92. The lowest BCUT2D eigenvalue weighted by molar-refractivity contribution is 0.0696. The minimum absolute atomic E-state index is 0.209. The van der Waals surface area contributed by atoms with Crippen LogP contribution in [0.15, 0.2) is 21.1 Å². The summed E-state index contributed by atoms with van der Waals surface area (Å²) in [7, 11) is 0. The van der Waals surface area contributed by atoms with Crippen molar-refractivity contribution < 1.29 is 14.6 Å². The lowest BCUT2D eigenvalue weighted by Crippen LogP contribution is -2.00. The molecule has 1 aromatic carbocycles. The summed E-state index contributed by atoms with van der Waals surface area (Å²) < 4.78 is 6.40. The number of carbonyl (C=O) groups is 1. The lowest BCUT2D eigenvalue weighted by Gasteiger charge is -2.08. The lowest BCUT2D eigenvalue weighted by atomic mass is 10.2. The first-order chi connectivity index (χ1) is 6.57. The maximum Gasteiger partial charge on any atom is 0.336 e. The van der Waals surface area contributed by atoms with Crippen molar-refractivity contribution in [3.8, 4) is 5.75 Å². The third kappa shape index (κ3) is 2.27. The van der Waals surface area contributed by atoms with Crippen molar-refractivity contribution in [2.24, 2.45) is 0 Å². The second kappa shape index (κ2) is 4.79. The van der Waals surface area contributed by atoms with Gasteiger partial charge in [0.05, 0.1) is 16.6 Å². The Balaban J connectivity index is 3.19. The van der Waals surface area contributed by atoms with E-state index < -0.39 is 5.97 Å². The van der Waals surface area contributed by atoms with Crippen molar-refractivity contribution in [2.45, 2.75) is 6.92 Å². The van der Waals surface area contributed by atoms with Gasteiger partial charge in [-0.2, -0.15) is 0 Å². The van der Waals surface area contributed by atoms with E-state index in [0.717, 1.165) is 0 Å². The number of benzene rings is 1. The molecule has 0 aromatic heterocycles. The highest BCUT2D eigenvalue weighted by molar-refractivity contribution is 9.13. The largest absolute Gasteiger partial charge is 0.493 e. The first kappa shape index (κ1) is 11.5. The van der Waals surface area contributed by atoms with Crippen LogP contribution in [0.4, 0.5) is 0 Å². The molecule has 0 aliphatic rings. The maximum atomic E-state index is 10.8. The number of ether oxygens (including phenoxy) is 1. The van der Waals surface area contributed by atoms with Crippen LogP contribution in [0.2, 0.25) is 0 Å². The summed E-state index contributed by atoms with van der Waals surface area (Å²) in [6.07, 6.45) is 0. The number of carboxylic acids is 1. The molecular formula is C9H8Br2O3. The average Bonchev–Trinajstić information content (AvgIpc) is 2.13. The number of halogens is 2. The van der Waals surface area contributed by atoms with Gasteiger partial charge in [0.2, 0.25) is 0 Å². The average molecular weight is 324 g/mol. The zero-order valence-electron chi connectivity index (χ0n) is 7.38. The van der Waals surface area contributed by atoms with E-state index in [1.807, 2.05) is 6.92 Å². The molecule has 76 valence electrons. The maximum absolute atomic E-state index is 10.8. The van der Waals surface area contributed by atoms with Gasteiger partial charge in [-0.15, -0.1) is 0 Å². The molecule has 0 unspecified atom stereocenters. The molecule has 0 amide bonds. The number of aromatic carboxylic acids is 1. The second-order valence-corrected chi connectivity index (χ2v) is 4.06. The molecule has 0 aliphatic carbocycles. The molecule has 14 heavy (non-hydrogen) atoms. The fourth-order valence-corrected chi connectivity index (χ4v) is 1.92. The summed E-state index contributed by atoms with van der Waals surface area (Å²) in [5.41, 5.74) is 0.209. The Labute approximate surface area is 98.3 Å². The molecule has 3 nitrogen and oxygen atoms in total. The monoisotopic (exact) mass is 322 g/mol. The number of hydrogen-bond acceptors (Lipinski definition) is 2. The minimum atomic E-state index is -0.972. The van der Waals surface area contributed by atoms with E-state index in [9.17, 15) is 4.79 Å². The Morgan fingerprint density at radius 2 is 2.07 bits per heavy atom. The summed E-state index contributed by atoms with van der Waals surface area (Å²) >= 11 is 6.46. The van der Waals surface area contributed by atoms with E-state index in [0.29, 0.717) is 21.3 Å². The highest BCUT2D eigenvalue weighted by Gasteiger charge is 2.14. The number of hydrogen-bond donors (Lipinski definition) is 1. The molecule has 0 spiro atoms. The van der Waals surface area contributed by atoms with E-state index in [2.05, 4.69) is 31.9 Å². The molecule has 0 saturated heterocycles. The molecular weight excluding hydrogens is 316 g/mol. The van der Waals surface area contributed by atoms with Crippen LogP contribution in [0.5, 0.6) is 5.75 Å². The molecule has 0 fully saturated rings. The first-order valence-corrected chi connectivity index (χ1v) is 5.50. The van der Waals surface area contributed by atoms with Crippen LogP contribution >= 0.6 is 31.9 Å².